The van der Waals surface area contributed by atoms with Crippen LogP contribution in [0.4, 0.5) is 15.8 Å². The Kier molecular flexibility index (Phi) is 5.80. The van der Waals surface area contributed by atoms with Crippen molar-refractivity contribution >= 4 is 34.5 Å². The molecule has 5 nitrogen and oxygen atoms in total. The van der Waals surface area contributed by atoms with Crippen molar-refractivity contribution in [3.63, 3.8) is 0 Å². The zero-order valence-corrected chi connectivity index (χ0v) is 16.9. The molecule has 0 saturated heterocycles. The Bertz CT molecular complexity index is 1160. The molecular weight excluding hydrogens is 395 g/mol. The summed E-state index contributed by atoms with van der Waals surface area (Å²) in [5, 5.41) is 6.10. The highest BCUT2D eigenvalue weighted by Crippen LogP contribution is 2.37. The number of fused-ring (bicyclic) bond motifs is 1. The van der Waals surface area contributed by atoms with E-state index >= 15 is 0 Å². The van der Waals surface area contributed by atoms with Gasteiger partial charge in [-0.25, -0.2) is 4.39 Å². The highest BCUT2D eigenvalue weighted by atomic mass is 19.1. The van der Waals surface area contributed by atoms with Crippen LogP contribution in [0.2, 0.25) is 0 Å². The first-order valence-electron chi connectivity index (χ1n) is 9.89. The second-order valence-corrected chi connectivity index (χ2v) is 7.16. The summed E-state index contributed by atoms with van der Waals surface area (Å²) in [5.41, 5.74) is 4.75. The molecule has 1 aliphatic heterocycles. The van der Waals surface area contributed by atoms with Crippen LogP contribution in [0.1, 0.15) is 23.1 Å². The molecule has 6 heteroatoms. The molecule has 2 N–H and O–H groups in total. The third-order valence-electron chi connectivity index (χ3n) is 5.11. The second-order valence-electron chi connectivity index (χ2n) is 7.16. The zero-order valence-electron chi connectivity index (χ0n) is 16.9. The van der Waals surface area contributed by atoms with Crippen molar-refractivity contribution < 1.29 is 18.7 Å². The van der Waals surface area contributed by atoms with Crippen LogP contribution in [0.25, 0.3) is 11.3 Å². The van der Waals surface area contributed by atoms with Gasteiger partial charge in [0.1, 0.15) is 5.82 Å². The van der Waals surface area contributed by atoms with Crippen LogP contribution in [0.15, 0.2) is 72.8 Å². The lowest BCUT2D eigenvalue weighted by Gasteiger charge is -2.15. The molecule has 3 aromatic carbocycles. The summed E-state index contributed by atoms with van der Waals surface area (Å²) in [4.78, 5) is 24.2. The summed E-state index contributed by atoms with van der Waals surface area (Å²) >= 11 is 0. The lowest BCUT2D eigenvalue weighted by molar-refractivity contribution is -0.140. The minimum atomic E-state index is -0.409. The maximum atomic E-state index is 13.7. The topological polar surface area (TPSA) is 67.4 Å². The number of aryl methyl sites for hydroxylation is 1. The van der Waals surface area contributed by atoms with E-state index in [0.717, 1.165) is 16.8 Å². The van der Waals surface area contributed by atoms with Crippen molar-refractivity contribution in [2.24, 2.45) is 0 Å². The number of para-hydroxylation sites is 1. The van der Waals surface area contributed by atoms with Gasteiger partial charge in [0.15, 0.2) is 0 Å². The number of methoxy groups -OCH3 is 1. The molecule has 0 aromatic heterocycles. The number of benzene rings is 3. The van der Waals surface area contributed by atoms with Gasteiger partial charge >= 0.3 is 5.97 Å². The SMILES string of the molecule is COC(=O)CCc1ccc(C(Nc2ccccc2)=C2C(=O)Nc3cc(F)ccc32)cc1. The molecule has 4 rings (SSSR count). The number of halogens is 1. The van der Waals surface area contributed by atoms with E-state index in [4.69, 9.17) is 4.74 Å². The van der Waals surface area contributed by atoms with Gasteiger partial charge < -0.3 is 15.4 Å². The Balaban J connectivity index is 1.75. The minimum absolute atomic E-state index is 0.260. The number of amides is 1. The molecule has 1 heterocycles. The van der Waals surface area contributed by atoms with Gasteiger partial charge in [0.25, 0.3) is 5.91 Å². The van der Waals surface area contributed by atoms with E-state index in [1.54, 1.807) is 6.07 Å². The average molecular weight is 416 g/mol. The smallest absolute Gasteiger partial charge is 0.305 e. The van der Waals surface area contributed by atoms with E-state index in [1.807, 2.05) is 54.6 Å². The highest BCUT2D eigenvalue weighted by molar-refractivity contribution is 6.37. The van der Waals surface area contributed by atoms with E-state index in [2.05, 4.69) is 10.6 Å². The Labute approximate surface area is 179 Å². The molecule has 0 saturated carbocycles. The van der Waals surface area contributed by atoms with E-state index < -0.39 is 5.82 Å². The first-order chi connectivity index (χ1) is 15.0. The van der Waals surface area contributed by atoms with Crippen molar-refractivity contribution in [1.82, 2.24) is 0 Å². The fourth-order valence-corrected chi connectivity index (χ4v) is 3.52. The summed E-state index contributed by atoms with van der Waals surface area (Å²) < 4.78 is 18.4. The number of rotatable bonds is 6. The van der Waals surface area contributed by atoms with Crippen LogP contribution in [0.5, 0.6) is 0 Å². The first-order valence-corrected chi connectivity index (χ1v) is 9.89. The lowest BCUT2D eigenvalue weighted by atomic mass is 9.98. The molecule has 3 aromatic rings. The summed E-state index contributed by atoms with van der Waals surface area (Å²) in [6, 6.07) is 21.4. The van der Waals surface area contributed by atoms with Gasteiger partial charge in [-0.3, -0.25) is 9.59 Å². The Morgan fingerprint density at radius 2 is 1.77 bits per heavy atom. The number of nitrogens with one attached hydrogen (secondary N) is 2. The normalized spacial score (nSPS) is 13.9. The number of ether oxygens (including phenoxy) is 1. The number of anilines is 2. The standard InChI is InChI=1S/C25H21FN2O3/c1-31-22(29)14-9-16-7-10-17(11-8-16)24(27-19-5-3-2-4-6-19)23-20-13-12-18(26)15-21(20)28-25(23)30/h2-8,10-13,15,27H,9,14H2,1H3,(H,28,30). The van der Waals surface area contributed by atoms with E-state index in [1.165, 1.54) is 19.2 Å². The molecule has 0 radical (unpaired) electrons. The van der Waals surface area contributed by atoms with E-state index in [-0.39, 0.29) is 11.9 Å². The summed E-state index contributed by atoms with van der Waals surface area (Å²) in [7, 11) is 1.37. The van der Waals surface area contributed by atoms with Gasteiger partial charge in [0, 0.05) is 17.7 Å². The Morgan fingerprint density at radius 1 is 1.03 bits per heavy atom. The number of carbonyl (C=O) groups is 2. The third kappa shape index (κ3) is 4.48. The molecule has 156 valence electrons. The quantitative estimate of drug-likeness (QED) is 0.445. The highest BCUT2D eigenvalue weighted by Gasteiger charge is 2.28. The maximum absolute atomic E-state index is 13.7. The van der Waals surface area contributed by atoms with Gasteiger partial charge in [0.2, 0.25) is 0 Å². The molecule has 0 atom stereocenters. The molecule has 31 heavy (non-hydrogen) atoms. The number of hydrogen-bond donors (Lipinski definition) is 2. The molecule has 0 bridgehead atoms. The molecule has 0 aliphatic carbocycles. The average Bonchev–Trinajstić information content (AvgIpc) is 3.11. The van der Waals surface area contributed by atoms with Crippen LogP contribution in [-0.4, -0.2) is 19.0 Å². The van der Waals surface area contributed by atoms with Gasteiger partial charge in [-0.15, -0.1) is 0 Å². The van der Waals surface area contributed by atoms with E-state index in [0.29, 0.717) is 35.4 Å². The zero-order chi connectivity index (χ0) is 21.8. The number of hydrogen-bond acceptors (Lipinski definition) is 4. The van der Waals surface area contributed by atoms with Gasteiger partial charge in [0.05, 0.1) is 24.1 Å². The van der Waals surface area contributed by atoms with Gasteiger partial charge in [-0.2, -0.15) is 0 Å². The van der Waals surface area contributed by atoms with E-state index in [9.17, 15) is 14.0 Å². The fourth-order valence-electron chi connectivity index (χ4n) is 3.52. The van der Waals surface area contributed by atoms with Crippen LogP contribution < -0.4 is 10.6 Å². The monoisotopic (exact) mass is 416 g/mol. The van der Waals surface area contributed by atoms with Gasteiger partial charge in [-0.1, -0.05) is 42.5 Å². The largest absolute Gasteiger partial charge is 0.469 e. The fraction of sp³-hybridized carbons (Fsp3) is 0.120. The van der Waals surface area contributed by atoms with Crippen molar-refractivity contribution in [2.75, 3.05) is 17.7 Å². The van der Waals surface area contributed by atoms with Crippen molar-refractivity contribution in [3.8, 4) is 0 Å². The molecule has 0 fully saturated rings. The van der Waals surface area contributed by atoms with Crippen LogP contribution in [-0.2, 0) is 20.7 Å². The Morgan fingerprint density at radius 3 is 2.48 bits per heavy atom. The molecule has 1 aliphatic rings. The summed E-state index contributed by atoms with van der Waals surface area (Å²) in [5.74, 6) is -0.967. The minimum Gasteiger partial charge on any atom is -0.469 e. The number of carbonyl (C=O) groups excluding carboxylic acids is 2. The summed E-state index contributed by atoms with van der Waals surface area (Å²) in [6.45, 7) is 0. The van der Waals surface area contributed by atoms with Gasteiger partial charge in [-0.05, 0) is 47.9 Å². The van der Waals surface area contributed by atoms with Crippen molar-refractivity contribution in [1.29, 1.82) is 0 Å². The second kappa shape index (κ2) is 8.83. The molecule has 0 unspecified atom stereocenters. The molecule has 0 spiro atoms. The molecular formula is C25H21FN2O3. The van der Waals surface area contributed by atoms with Crippen LogP contribution in [0.3, 0.4) is 0 Å². The summed E-state index contributed by atoms with van der Waals surface area (Å²) in [6.07, 6.45) is 0.862. The third-order valence-corrected chi connectivity index (χ3v) is 5.11. The maximum Gasteiger partial charge on any atom is 0.305 e. The van der Waals surface area contributed by atoms with Crippen molar-refractivity contribution in [3.05, 3.63) is 95.3 Å². The number of esters is 1. The first kappa shape index (κ1) is 20.3. The van der Waals surface area contributed by atoms with Crippen molar-refractivity contribution in [2.45, 2.75) is 12.8 Å². The lowest BCUT2D eigenvalue weighted by Crippen LogP contribution is -2.10. The van der Waals surface area contributed by atoms with Crippen LogP contribution in [0, 0.1) is 5.82 Å². The Hall–Kier alpha value is -3.93. The predicted molar refractivity (Wildman–Crippen MR) is 119 cm³/mol. The predicted octanol–water partition coefficient (Wildman–Crippen LogP) is 4.86. The molecule has 1 amide bonds. The van der Waals surface area contributed by atoms with Crippen LogP contribution >= 0.6 is 0 Å².